The maximum atomic E-state index is 10.9. The van der Waals surface area contributed by atoms with E-state index < -0.39 is 0 Å². The van der Waals surface area contributed by atoms with Gasteiger partial charge >= 0.3 is 0 Å². The Bertz CT molecular complexity index is 663. The van der Waals surface area contributed by atoms with E-state index >= 15 is 0 Å². The second kappa shape index (κ2) is 4.86. The molecular formula is C14H13N3O2. The Kier molecular flexibility index (Phi) is 3.25. The van der Waals surface area contributed by atoms with Crippen LogP contribution in [0.2, 0.25) is 0 Å². The molecule has 5 nitrogen and oxygen atoms in total. The minimum Gasteiger partial charge on any atom is -0.439 e. The Balaban J connectivity index is 2.38. The van der Waals surface area contributed by atoms with E-state index in [0.29, 0.717) is 22.6 Å². The normalized spacial score (nSPS) is 9.95. The lowest BCUT2D eigenvalue weighted by atomic mass is 10.1. The van der Waals surface area contributed by atoms with Gasteiger partial charge in [-0.1, -0.05) is 0 Å². The molecule has 0 atom stereocenters. The van der Waals surface area contributed by atoms with E-state index in [1.165, 1.54) is 6.92 Å². The molecule has 0 saturated carbocycles. The predicted octanol–water partition coefficient (Wildman–Crippen LogP) is 2.67. The van der Waals surface area contributed by atoms with E-state index in [4.69, 9.17) is 15.4 Å². The Morgan fingerprint density at radius 1 is 1.37 bits per heavy atom. The van der Waals surface area contributed by atoms with Gasteiger partial charge in [0.15, 0.2) is 0 Å². The van der Waals surface area contributed by atoms with Crippen molar-refractivity contribution in [2.45, 2.75) is 13.8 Å². The number of hydrogen-bond acceptors (Lipinski definition) is 4. The van der Waals surface area contributed by atoms with Gasteiger partial charge in [0.2, 0.25) is 11.8 Å². The number of furan rings is 1. The van der Waals surface area contributed by atoms with Gasteiger partial charge in [-0.2, -0.15) is 5.26 Å². The van der Waals surface area contributed by atoms with Crippen molar-refractivity contribution < 1.29 is 9.21 Å². The lowest BCUT2D eigenvalue weighted by molar-refractivity contribution is -0.114. The molecule has 0 bridgehead atoms. The monoisotopic (exact) mass is 255 g/mol. The molecule has 0 unspecified atom stereocenters. The van der Waals surface area contributed by atoms with Crippen LogP contribution in [0.15, 0.2) is 28.7 Å². The molecule has 1 amide bonds. The molecule has 0 fully saturated rings. The number of nitrogen functional groups attached to an aromatic ring is 1. The van der Waals surface area contributed by atoms with E-state index in [1.807, 2.05) is 6.07 Å². The zero-order valence-electron chi connectivity index (χ0n) is 10.7. The molecule has 0 radical (unpaired) electrons. The van der Waals surface area contributed by atoms with Crippen LogP contribution < -0.4 is 11.1 Å². The van der Waals surface area contributed by atoms with E-state index in [0.717, 1.165) is 5.56 Å². The highest BCUT2D eigenvalue weighted by Crippen LogP contribution is 2.32. The first-order chi connectivity index (χ1) is 9.02. The molecule has 1 aromatic heterocycles. The van der Waals surface area contributed by atoms with Crippen molar-refractivity contribution in [3.8, 4) is 17.4 Å². The molecule has 3 N–H and O–H groups in total. The third kappa shape index (κ3) is 2.43. The van der Waals surface area contributed by atoms with Crippen molar-refractivity contribution in [1.82, 2.24) is 0 Å². The number of carbonyl (C=O) groups excluding carboxylic acids is 1. The second-order valence-corrected chi connectivity index (χ2v) is 4.17. The van der Waals surface area contributed by atoms with Crippen LogP contribution in [0.3, 0.4) is 0 Å². The highest BCUT2D eigenvalue weighted by Gasteiger charge is 2.15. The average molecular weight is 255 g/mol. The van der Waals surface area contributed by atoms with Crippen molar-refractivity contribution in [3.63, 3.8) is 0 Å². The third-order valence-corrected chi connectivity index (χ3v) is 2.75. The Morgan fingerprint density at radius 3 is 2.47 bits per heavy atom. The number of hydrogen-bond donors (Lipinski definition) is 2. The molecule has 0 spiro atoms. The first-order valence-corrected chi connectivity index (χ1v) is 5.70. The summed E-state index contributed by atoms with van der Waals surface area (Å²) in [6, 6.07) is 9.15. The highest BCUT2D eigenvalue weighted by molar-refractivity contribution is 5.89. The molecule has 0 aliphatic heterocycles. The van der Waals surface area contributed by atoms with Crippen LogP contribution in [0.4, 0.5) is 11.6 Å². The zero-order valence-corrected chi connectivity index (χ0v) is 10.7. The smallest absolute Gasteiger partial charge is 0.221 e. The minimum atomic E-state index is -0.127. The fourth-order valence-electron chi connectivity index (χ4n) is 1.86. The van der Waals surface area contributed by atoms with Crippen LogP contribution in [-0.4, -0.2) is 5.91 Å². The van der Waals surface area contributed by atoms with Crippen LogP contribution in [0.5, 0.6) is 0 Å². The van der Waals surface area contributed by atoms with Gasteiger partial charge in [0.05, 0.1) is 0 Å². The number of benzene rings is 1. The van der Waals surface area contributed by atoms with Crippen molar-refractivity contribution in [3.05, 3.63) is 35.4 Å². The summed E-state index contributed by atoms with van der Waals surface area (Å²) < 4.78 is 5.41. The van der Waals surface area contributed by atoms with Gasteiger partial charge in [-0.05, 0) is 31.2 Å². The number of nitriles is 1. The molecule has 1 aromatic carbocycles. The summed E-state index contributed by atoms with van der Waals surface area (Å²) in [5, 5.41) is 11.6. The van der Waals surface area contributed by atoms with Crippen LogP contribution in [0.25, 0.3) is 11.3 Å². The average Bonchev–Trinajstić information content (AvgIpc) is 2.64. The highest BCUT2D eigenvalue weighted by atomic mass is 16.4. The Morgan fingerprint density at radius 2 is 2.00 bits per heavy atom. The molecule has 0 aliphatic rings. The summed E-state index contributed by atoms with van der Waals surface area (Å²) in [7, 11) is 0. The fourth-order valence-corrected chi connectivity index (χ4v) is 1.86. The summed E-state index contributed by atoms with van der Waals surface area (Å²) in [6.45, 7) is 3.24. The topological polar surface area (TPSA) is 92.1 Å². The summed E-state index contributed by atoms with van der Waals surface area (Å²) in [5.41, 5.74) is 8.22. The van der Waals surface area contributed by atoms with Crippen LogP contribution in [0, 0.1) is 18.3 Å². The van der Waals surface area contributed by atoms with Gasteiger partial charge in [0.25, 0.3) is 0 Å². The quantitative estimate of drug-likeness (QED) is 0.862. The molecule has 0 saturated heterocycles. The molecule has 96 valence electrons. The lowest BCUT2D eigenvalue weighted by Crippen LogP contribution is -2.05. The lowest BCUT2D eigenvalue weighted by Gasteiger charge is -2.03. The van der Waals surface area contributed by atoms with Gasteiger partial charge in [-0.3, -0.25) is 4.79 Å². The number of rotatable bonds is 2. The molecule has 5 heteroatoms. The Hall–Kier alpha value is -2.74. The van der Waals surface area contributed by atoms with Gasteiger partial charge in [0, 0.05) is 23.7 Å². The number of anilines is 2. The van der Waals surface area contributed by atoms with Crippen LogP contribution >= 0.6 is 0 Å². The van der Waals surface area contributed by atoms with Gasteiger partial charge < -0.3 is 15.5 Å². The maximum Gasteiger partial charge on any atom is 0.221 e. The van der Waals surface area contributed by atoms with E-state index in [2.05, 4.69) is 5.32 Å². The SMILES string of the molecule is CC(=O)Nc1ccc(-c2oc(N)c(C#N)c2C)cc1. The minimum absolute atomic E-state index is 0.126. The van der Waals surface area contributed by atoms with Crippen molar-refractivity contribution in [2.75, 3.05) is 11.1 Å². The van der Waals surface area contributed by atoms with Gasteiger partial charge in [-0.15, -0.1) is 0 Å². The first-order valence-electron chi connectivity index (χ1n) is 5.70. The number of nitrogens with one attached hydrogen (secondary N) is 1. The summed E-state index contributed by atoms with van der Waals surface area (Å²) >= 11 is 0. The predicted molar refractivity (Wildman–Crippen MR) is 72.3 cm³/mol. The zero-order chi connectivity index (χ0) is 14.0. The first kappa shape index (κ1) is 12.7. The van der Waals surface area contributed by atoms with Crippen molar-refractivity contribution >= 4 is 17.5 Å². The Labute approximate surface area is 110 Å². The summed E-state index contributed by atoms with van der Waals surface area (Å²) in [6.07, 6.45) is 0. The summed E-state index contributed by atoms with van der Waals surface area (Å²) in [4.78, 5) is 10.9. The maximum absolute atomic E-state index is 10.9. The van der Waals surface area contributed by atoms with E-state index in [9.17, 15) is 4.79 Å². The van der Waals surface area contributed by atoms with Gasteiger partial charge in [0.1, 0.15) is 17.4 Å². The van der Waals surface area contributed by atoms with E-state index in [1.54, 1.807) is 31.2 Å². The number of amides is 1. The molecule has 1 heterocycles. The number of nitrogens with two attached hydrogens (primary N) is 1. The van der Waals surface area contributed by atoms with E-state index in [-0.39, 0.29) is 11.8 Å². The van der Waals surface area contributed by atoms with Crippen molar-refractivity contribution in [2.24, 2.45) is 0 Å². The molecule has 0 aliphatic carbocycles. The second-order valence-electron chi connectivity index (χ2n) is 4.17. The van der Waals surface area contributed by atoms with Gasteiger partial charge in [-0.25, -0.2) is 0 Å². The molecule has 2 aromatic rings. The number of carbonyl (C=O) groups is 1. The third-order valence-electron chi connectivity index (χ3n) is 2.75. The molecular weight excluding hydrogens is 242 g/mol. The van der Waals surface area contributed by atoms with Crippen molar-refractivity contribution in [1.29, 1.82) is 5.26 Å². The molecule has 2 rings (SSSR count). The standard InChI is InChI=1S/C14H13N3O2/c1-8-12(7-15)14(16)19-13(8)10-3-5-11(6-4-10)17-9(2)18/h3-6H,16H2,1-2H3,(H,17,18). The largest absolute Gasteiger partial charge is 0.439 e. The number of nitrogens with zero attached hydrogens (tertiary/aromatic N) is 1. The van der Waals surface area contributed by atoms with Crippen LogP contribution in [-0.2, 0) is 4.79 Å². The fraction of sp³-hybridized carbons (Fsp3) is 0.143. The summed E-state index contributed by atoms with van der Waals surface area (Å²) in [5.74, 6) is 0.572. The molecule has 19 heavy (non-hydrogen) atoms. The van der Waals surface area contributed by atoms with Crippen LogP contribution in [0.1, 0.15) is 18.1 Å².